The van der Waals surface area contributed by atoms with Crippen LogP contribution >= 0.6 is 22.9 Å². The molecule has 0 unspecified atom stereocenters. The van der Waals surface area contributed by atoms with Crippen LogP contribution in [0.15, 0.2) is 0 Å². The fourth-order valence-corrected chi connectivity index (χ4v) is 5.22. The number of nitrogens with one attached hydrogen (secondary N) is 2. The van der Waals surface area contributed by atoms with Gasteiger partial charge in [-0.3, -0.25) is 4.79 Å². The van der Waals surface area contributed by atoms with Gasteiger partial charge in [0.1, 0.15) is 0 Å². The van der Waals surface area contributed by atoms with E-state index in [1.165, 1.54) is 11.3 Å². The van der Waals surface area contributed by atoms with Crippen LogP contribution in [0.2, 0.25) is 5.15 Å². The SMILES string of the molecule is CCc1[nH]c(C(=O)N[C@@H]2CCN(c3nc(C)c(-c4nnnn4CCC#N)s3)C[C@@H]2OC)nc1Cl. The lowest BCUT2D eigenvalue weighted by Gasteiger charge is -2.37. The van der Waals surface area contributed by atoms with Crippen molar-refractivity contribution in [3.63, 3.8) is 0 Å². The number of halogens is 1. The van der Waals surface area contributed by atoms with E-state index in [9.17, 15) is 4.79 Å². The van der Waals surface area contributed by atoms with Gasteiger partial charge in [-0.1, -0.05) is 29.9 Å². The molecule has 0 radical (unpaired) electrons. The summed E-state index contributed by atoms with van der Waals surface area (Å²) in [6.45, 7) is 5.53. The smallest absolute Gasteiger partial charge is 0.287 e. The van der Waals surface area contributed by atoms with Crippen LogP contribution in [0.5, 0.6) is 0 Å². The van der Waals surface area contributed by atoms with E-state index >= 15 is 0 Å². The number of amides is 1. The first-order valence-corrected chi connectivity index (χ1v) is 12.1. The summed E-state index contributed by atoms with van der Waals surface area (Å²) in [6.07, 6.45) is 1.43. The van der Waals surface area contributed by atoms with Crippen LogP contribution in [0.4, 0.5) is 5.13 Å². The number of hydrogen-bond donors (Lipinski definition) is 2. The molecule has 0 aromatic carbocycles. The zero-order valence-electron chi connectivity index (χ0n) is 19.1. The maximum Gasteiger partial charge on any atom is 0.287 e. The summed E-state index contributed by atoms with van der Waals surface area (Å²) in [4.78, 5) is 27.5. The van der Waals surface area contributed by atoms with Gasteiger partial charge in [-0.2, -0.15) is 5.26 Å². The number of H-pyrrole nitrogens is 1. The molecule has 3 aromatic heterocycles. The van der Waals surface area contributed by atoms with E-state index in [-0.39, 0.29) is 23.9 Å². The second kappa shape index (κ2) is 10.5. The molecule has 0 spiro atoms. The van der Waals surface area contributed by atoms with Gasteiger partial charge in [-0.25, -0.2) is 14.6 Å². The summed E-state index contributed by atoms with van der Waals surface area (Å²) in [7, 11) is 1.63. The minimum Gasteiger partial charge on any atom is -0.377 e. The second-order valence-corrected chi connectivity index (χ2v) is 9.18. The molecule has 0 saturated carbocycles. The number of aromatic nitrogens is 7. The van der Waals surface area contributed by atoms with Gasteiger partial charge < -0.3 is 19.9 Å². The van der Waals surface area contributed by atoms with E-state index in [2.05, 4.69) is 41.8 Å². The molecule has 1 fully saturated rings. The Morgan fingerprint density at radius 1 is 1.44 bits per heavy atom. The van der Waals surface area contributed by atoms with E-state index in [1.807, 2.05) is 13.8 Å². The van der Waals surface area contributed by atoms with Crippen LogP contribution in [-0.2, 0) is 17.7 Å². The average Bonchev–Trinajstić information content (AvgIpc) is 3.55. The summed E-state index contributed by atoms with van der Waals surface area (Å²) >= 11 is 7.57. The number of imidazole rings is 1. The van der Waals surface area contributed by atoms with Crippen molar-refractivity contribution in [1.29, 1.82) is 5.26 Å². The Morgan fingerprint density at radius 3 is 2.97 bits per heavy atom. The molecule has 1 aliphatic rings. The highest BCUT2D eigenvalue weighted by atomic mass is 35.5. The van der Waals surface area contributed by atoms with Gasteiger partial charge in [0.25, 0.3) is 5.91 Å². The third-order valence-electron chi connectivity index (χ3n) is 5.70. The minimum absolute atomic E-state index is 0.179. The van der Waals surface area contributed by atoms with Crippen LogP contribution in [0, 0.1) is 18.3 Å². The number of nitrogens with zero attached hydrogens (tertiary/aromatic N) is 8. The fraction of sp³-hybridized carbons (Fsp3) is 0.550. The molecule has 4 heterocycles. The van der Waals surface area contributed by atoms with Crippen molar-refractivity contribution in [1.82, 2.24) is 40.5 Å². The van der Waals surface area contributed by atoms with Gasteiger partial charge in [0.05, 0.1) is 47.4 Å². The van der Waals surface area contributed by atoms with E-state index in [4.69, 9.17) is 26.6 Å². The number of thiazole rings is 1. The molecular weight excluding hydrogens is 480 g/mol. The number of methoxy groups -OCH3 is 1. The Kier molecular flexibility index (Phi) is 7.40. The molecule has 12 nitrogen and oxygen atoms in total. The van der Waals surface area contributed by atoms with E-state index in [0.717, 1.165) is 21.4 Å². The van der Waals surface area contributed by atoms with Gasteiger partial charge in [-0.15, -0.1) is 5.10 Å². The van der Waals surface area contributed by atoms with Gasteiger partial charge in [0.2, 0.25) is 0 Å². The number of nitriles is 1. The minimum atomic E-state index is -0.307. The number of carbonyl (C=O) groups is 1. The standard InChI is InChI=1S/C20H25ClN10O2S/c1-4-12-16(21)26-17(24-12)19(32)25-13-6-9-30(10-14(13)33-3)20-23-11(2)15(34-20)18-27-28-29-31(18)8-5-7-22/h13-14H,4-6,8-10H2,1-3H3,(H,24,26)(H,25,32)/t13-,14+/m1/s1. The van der Waals surface area contributed by atoms with Crippen LogP contribution in [0.25, 0.3) is 10.7 Å². The highest BCUT2D eigenvalue weighted by Gasteiger charge is 2.33. The number of aryl methyl sites for hydroxylation is 3. The summed E-state index contributed by atoms with van der Waals surface area (Å²) in [5.74, 6) is 0.498. The quantitative estimate of drug-likeness (QED) is 0.469. The monoisotopic (exact) mass is 504 g/mol. The number of hydrogen-bond acceptors (Lipinski definition) is 10. The van der Waals surface area contributed by atoms with Crippen molar-refractivity contribution in [3.8, 4) is 16.8 Å². The highest BCUT2D eigenvalue weighted by Crippen LogP contribution is 2.34. The summed E-state index contributed by atoms with van der Waals surface area (Å²) in [5, 5.41) is 24.9. The Labute approximate surface area is 205 Å². The number of tetrazole rings is 1. The van der Waals surface area contributed by atoms with Crippen molar-refractivity contribution >= 4 is 34.0 Å². The first kappa shape index (κ1) is 24.1. The second-order valence-electron chi connectivity index (χ2n) is 7.84. The Morgan fingerprint density at radius 2 is 2.26 bits per heavy atom. The van der Waals surface area contributed by atoms with Gasteiger partial charge in [0, 0.05) is 20.2 Å². The molecule has 4 rings (SSSR count). The third kappa shape index (κ3) is 4.89. The number of anilines is 1. The predicted octanol–water partition coefficient (Wildman–Crippen LogP) is 1.98. The summed E-state index contributed by atoms with van der Waals surface area (Å²) in [6, 6.07) is 1.93. The molecule has 34 heavy (non-hydrogen) atoms. The molecule has 180 valence electrons. The van der Waals surface area contributed by atoms with Crippen LogP contribution in [0.1, 0.15) is 41.8 Å². The normalized spacial score (nSPS) is 18.1. The van der Waals surface area contributed by atoms with Crippen molar-refractivity contribution in [2.45, 2.75) is 51.8 Å². The van der Waals surface area contributed by atoms with E-state index in [1.54, 1.807) is 11.8 Å². The molecular formula is C20H25ClN10O2S. The van der Waals surface area contributed by atoms with Gasteiger partial charge in [0.15, 0.2) is 21.9 Å². The molecule has 2 N–H and O–H groups in total. The van der Waals surface area contributed by atoms with E-state index < -0.39 is 0 Å². The van der Waals surface area contributed by atoms with Crippen molar-refractivity contribution in [2.24, 2.45) is 0 Å². The highest BCUT2D eigenvalue weighted by molar-refractivity contribution is 7.19. The molecule has 0 aliphatic carbocycles. The van der Waals surface area contributed by atoms with Crippen LogP contribution in [-0.4, -0.2) is 73.4 Å². The van der Waals surface area contributed by atoms with Gasteiger partial charge >= 0.3 is 0 Å². The topological polar surface area (TPSA) is 151 Å². The maximum atomic E-state index is 12.7. The lowest BCUT2D eigenvalue weighted by Crippen LogP contribution is -2.55. The van der Waals surface area contributed by atoms with Crippen LogP contribution in [0.3, 0.4) is 0 Å². The first-order chi connectivity index (χ1) is 16.4. The Bertz CT molecular complexity index is 1200. The average molecular weight is 505 g/mol. The molecule has 1 saturated heterocycles. The zero-order valence-corrected chi connectivity index (χ0v) is 20.7. The lowest BCUT2D eigenvalue weighted by atomic mass is 10.0. The number of carbonyl (C=O) groups excluding carboxylic acids is 1. The summed E-state index contributed by atoms with van der Waals surface area (Å²) < 4.78 is 7.33. The van der Waals surface area contributed by atoms with Crippen LogP contribution < -0.4 is 10.2 Å². The molecule has 1 aliphatic heterocycles. The van der Waals surface area contributed by atoms with Crippen molar-refractivity contribution in [3.05, 3.63) is 22.4 Å². The predicted molar refractivity (Wildman–Crippen MR) is 126 cm³/mol. The molecule has 3 aromatic rings. The molecule has 1 amide bonds. The van der Waals surface area contributed by atoms with Crippen molar-refractivity contribution in [2.75, 3.05) is 25.1 Å². The summed E-state index contributed by atoms with van der Waals surface area (Å²) in [5.41, 5.74) is 1.55. The fourth-order valence-electron chi connectivity index (χ4n) is 3.86. The van der Waals surface area contributed by atoms with Gasteiger partial charge in [-0.05, 0) is 30.2 Å². The molecule has 0 bridgehead atoms. The third-order valence-corrected chi connectivity index (χ3v) is 7.23. The number of aromatic amines is 1. The molecule has 14 heteroatoms. The number of piperidine rings is 1. The number of ether oxygens (including phenoxy) is 1. The first-order valence-electron chi connectivity index (χ1n) is 10.9. The Balaban J connectivity index is 1.45. The number of rotatable bonds is 8. The Hall–Kier alpha value is -3.08. The molecule has 2 atom stereocenters. The largest absolute Gasteiger partial charge is 0.377 e. The van der Waals surface area contributed by atoms with Crippen molar-refractivity contribution < 1.29 is 9.53 Å². The maximum absolute atomic E-state index is 12.7. The van der Waals surface area contributed by atoms with E-state index in [0.29, 0.717) is 49.9 Å². The lowest BCUT2D eigenvalue weighted by molar-refractivity contribution is 0.0538. The zero-order chi connectivity index (χ0) is 24.2.